The number of benzene rings is 1. The first kappa shape index (κ1) is 30.9. The van der Waals surface area contributed by atoms with Gasteiger partial charge in [-0.25, -0.2) is 9.78 Å². The van der Waals surface area contributed by atoms with Gasteiger partial charge in [-0.05, 0) is 95.3 Å². The van der Waals surface area contributed by atoms with Gasteiger partial charge in [0.15, 0.2) is 0 Å². The molecule has 0 aliphatic carbocycles. The summed E-state index contributed by atoms with van der Waals surface area (Å²) in [5, 5.41) is 0.948. The van der Waals surface area contributed by atoms with E-state index < -0.39 is 5.60 Å². The van der Waals surface area contributed by atoms with E-state index in [0.717, 1.165) is 71.3 Å². The second-order valence-corrected chi connectivity index (χ2v) is 13.5. The molecule has 1 aromatic carbocycles. The summed E-state index contributed by atoms with van der Waals surface area (Å²) in [6.07, 6.45) is 6.85. The maximum absolute atomic E-state index is 14.0. The fourth-order valence-corrected chi connectivity index (χ4v) is 8.19. The molecule has 9 heteroatoms. The van der Waals surface area contributed by atoms with E-state index >= 15 is 0 Å². The zero-order valence-corrected chi connectivity index (χ0v) is 27.7. The average molecular weight is 627 g/mol. The summed E-state index contributed by atoms with van der Waals surface area (Å²) >= 11 is 0. The Kier molecular flexibility index (Phi) is 8.18. The van der Waals surface area contributed by atoms with Gasteiger partial charge < -0.3 is 28.6 Å². The molecule has 2 saturated heterocycles. The maximum atomic E-state index is 14.0. The lowest BCUT2D eigenvalue weighted by molar-refractivity contribution is -0.105. The summed E-state index contributed by atoms with van der Waals surface area (Å²) in [6.45, 7) is 16.7. The fraction of sp³-hybridized carbons (Fsp3) is 0.541. The highest BCUT2D eigenvalue weighted by atomic mass is 16.6. The molecule has 0 bridgehead atoms. The largest absolute Gasteiger partial charge is 0.490 e. The van der Waals surface area contributed by atoms with E-state index in [1.165, 1.54) is 32.4 Å². The van der Waals surface area contributed by atoms with Crippen molar-refractivity contribution in [1.82, 2.24) is 19.4 Å². The lowest BCUT2D eigenvalue weighted by Crippen LogP contribution is -2.48. The molecule has 7 rings (SSSR count). The summed E-state index contributed by atoms with van der Waals surface area (Å²) < 4.78 is 20.2. The van der Waals surface area contributed by atoms with Crippen molar-refractivity contribution < 1.29 is 19.0 Å². The van der Waals surface area contributed by atoms with Gasteiger partial charge in [0.2, 0.25) is 0 Å². The number of carbonyl (C=O) groups excluding carboxylic acids is 1. The van der Waals surface area contributed by atoms with E-state index in [9.17, 15) is 9.59 Å². The number of rotatable bonds is 6. The van der Waals surface area contributed by atoms with Crippen molar-refractivity contribution in [3.63, 3.8) is 0 Å². The van der Waals surface area contributed by atoms with E-state index in [1.807, 2.05) is 48.4 Å². The Labute approximate surface area is 271 Å². The van der Waals surface area contributed by atoms with Crippen LogP contribution < -0.4 is 10.3 Å². The highest BCUT2D eigenvalue weighted by Gasteiger charge is 2.45. The lowest BCUT2D eigenvalue weighted by Gasteiger charge is -2.41. The number of piperidine rings is 2. The van der Waals surface area contributed by atoms with Crippen molar-refractivity contribution in [2.45, 2.75) is 104 Å². The normalized spacial score (nSPS) is 21.7. The molecule has 2 aromatic heterocycles. The molecule has 0 unspecified atom stereocenters. The molecule has 0 N–H and O–H groups in total. The molecule has 0 radical (unpaired) electrons. The summed E-state index contributed by atoms with van der Waals surface area (Å²) in [5.41, 5.74) is 5.03. The molecule has 4 aliphatic heterocycles. The van der Waals surface area contributed by atoms with E-state index in [-0.39, 0.29) is 24.4 Å². The van der Waals surface area contributed by atoms with Gasteiger partial charge >= 0.3 is 6.09 Å². The Hall–Kier alpha value is -3.69. The topological polar surface area (TPSA) is 86.1 Å². The third-order valence-electron chi connectivity index (χ3n) is 10.5. The second kappa shape index (κ2) is 12.2. The number of aryl methyl sites for hydroxylation is 1. The molecule has 0 spiro atoms. The van der Waals surface area contributed by atoms with Crippen LogP contribution in [0, 0.1) is 0 Å². The third kappa shape index (κ3) is 5.12. The second-order valence-electron chi connectivity index (χ2n) is 13.5. The van der Waals surface area contributed by atoms with Crippen molar-refractivity contribution in [3.8, 4) is 17.1 Å². The van der Waals surface area contributed by atoms with Gasteiger partial charge in [0, 0.05) is 35.6 Å². The quantitative estimate of drug-likeness (QED) is 0.241. The van der Waals surface area contributed by atoms with Crippen LogP contribution in [0.1, 0.15) is 88.5 Å². The van der Waals surface area contributed by atoms with Crippen molar-refractivity contribution in [3.05, 3.63) is 69.2 Å². The van der Waals surface area contributed by atoms with Crippen LogP contribution in [-0.4, -0.2) is 63.8 Å². The summed E-state index contributed by atoms with van der Waals surface area (Å²) in [5.74, 6) is 1.05. The highest BCUT2D eigenvalue weighted by Crippen LogP contribution is 2.46. The smallest absolute Gasteiger partial charge is 0.415 e. The van der Waals surface area contributed by atoms with E-state index in [2.05, 4.69) is 24.5 Å². The number of likely N-dealkylation sites (tertiary alicyclic amines) is 2. The Morgan fingerprint density at radius 3 is 2.54 bits per heavy atom. The van der Waals surface area contributed by atoms with Crippen molar-refractivity contribution in [1.29, 1.82) is 0 Å². The molecule has 0 saturated carbocycles. The van der Waals surface area contributed by atoms with Gasteiger partial charge in [-0.15, -0.1) is 0 Å². The van der Waals surface area contributed by atoms with Crippen LogP contribution in [0.15, 0.2) is 41.4 Å². The molecule has 9 nitrogen and oxygen atoms in total. The van der Waals surface area contributed by atoms with E-state index in [4.69, 9.17) is 19.2 Å². The molecule has 4 aliphatic rings. The van der Waals surface area contributed by atoms with Gasteiger partial charge in [0.25, 0.3) is 5.56 Å². The number of hydrogen-bond acceptors (Lipinski definition) is 7. The number of ether oxygens (including phenoxy) is 3. The van der Waals surface area contributed by atoms with Gasteiger partial charge in [0.1, 0.15) is 23.7 Å². The van der Waals surface area contributed by atoms with Crippen molar-refractivity contribution in [2.75, 3.05) is 26.2 Å². The standard InChI is InChI=1S/C37H46N4O5/c1-6-27-28-19-26(45-36(43)40-17-13-25(14-18-40)39-15-9-8-10-16-39)11-12-32(28)38-34-29(27)21-41-33(34)20-31-30(35(41)42)22-44-24(5)37(31,7-2)46-23(3)4/h11-12,19-20,23,25H,5-10,13-18,21-22H2,1-4H3/t37-/m1/s1. The SMILES string of the molecule is C=C1OCc2c(cc3n(c2=O)Cc2c-3nc3ccc(OC(=O)N4CCC(N5CCCCC5)CC4)cc3c2CC)[C@]1(CC)OC(C)C. The number of nitrogens with zero attached hydrogens (tertiary/aromatic N) is 4. The number of carbonyl (C=O) groups is 1. The summed E-state index contributed by atoms with van der Waals surface area (Å²) in [6, 6.07) is 8.33. The van der Waals surface area contributed by atoms with Crippen LogP contribution in [0.4, 0.5) is 4.79 Å². The van der Waals surface area contributed by atoms with Crippen LogP contribution in [0.3, 0.4) is 0 Å². The third-order valence-corrected chi connectivity index (χ3v) is 10.5. The number of pyridine rings is 2. The molecule has 6 heterocycles. The lowest BCUT2D eigenvalue weighted by atomic mass is 9.84. The summed E-state index contributed by atoms with van der Waals surface area (Å²) in [4.78, 5) is 36.8. The first-order valence-electron chi connectivity index (χ1n) is 17.2. The minimum atomic E-state index is -0.898. The van der Waals surface area contributed by atoms with Crippen LogP contribution in [0.5, 0.6) is 5.75 Å². The first-order chi connectivity index (χ1) is 22.2. The minimum Gasteiger partial charge on any atom is -0.490 e. The average Bonchev–Trinajstić information content (AvgIpc) is 3.44. The van der Waals surface area contributed by atoms with Crippen LogP contribution in [0.25, 0.3) is 22.3 Å². The zero-order chi connectivity index (χ0) is 32.2. The molecular weight excluding hydrogens is 580 g/mol. The molecule has 2 fully saturated rings. The van der Waals surface area contributed by atoms with Gasteiger partial charge in [-0.3, -0.25) is 4.79 Å². The van der Waals surface area contributed by atoms with E-state index in [0.29, 0.717) is 36.1 Å². The minimum absolute atomic E-state index is 0.0760. The summed E-state index contributed by atoms with van der Waals surface area (Å²) in [7, 11) is 0. The Morgan fingerprint density at radius 1 is 1.09 bits per heavy atom. The number of aromatic nitrogens is 2. The van der Waals surface area contributed by atoms with Gasteiger partial charge in [-0.1, -0.05) is 26.8 Å². The maximum Gasteiger partial charge on any atom is 0.415 e. The van der Waals surface area contributed by atoms with Crippen LogP contribution in [-0.2, 0) is 34.6 Å². The number of fused-ring (bicyclic) bond motifs is 5. The Balaban J connectivity index is 1.18. The molecular formula is C37H46N4O5. The Morgan fingerprint density at radius 2 is 1.85 bits per heavy atom. The zero-order valence-electron chi connectivity index (χ0n) is 27.7. The first-order valence-corrected chi connectivity index (χ1v) is 17.2. The monoisotopic (exact) mass is 626 g/mol. The fourth-order valence-electron chi connectivity index (χ4n) is 8.19. The molecule has 3 aromatic rings. The van der Waals surface area contributed by atoms with E-state index in [1.54, 1.807) is 0 Å². The van der Waals surface area contributed by atoms with Gasteiger partial charge in [0.05, 0.1) is 35.1 Å². The predicted molar refractivity (Wildman–Crippen MR) is 178 cm³/mol. The van der Waals surface area contributed by atoms with Crippen LogP contribution in [0.2, 0.25) is 0 Å². The molecule has 1 amide bonds. The molecule has 1 atom stereocenters. The number of hydrogen-bond donors (Lipinski definition) is 0. The predicted octanol–water partition coefficient (Wildman–Crippen LogP) is 6.51. The molecule has 46 heavy (non-hydrogen) atoms. The van der Waals surface area contributed by atoms with Crippen molar-refractivity contribution in [2.24, 2.45) is 0 Å². The van der Waals surface area contributed by atoms with Crippen molar-refractivity contribution >= 4 is 17.0 Å². The molecule has 244 valence electrons. The Bertz CT molecular complexity index is 1750. The van der Waals surface area contributed by atoms with Gasteiger partial charge in [-0.2, -0.15) is 0 Å². The number of amides is 1. The van der Waals surface area contributed by atoms with Crippen LogP contribution >= 0.6 is 0 Å². The highest BCUT2D eigenvalue weighted by molar-refractivity contribution is 5.89.